The van der Waals surface area contributed by atoms with E-state index in [0.29, 0.717) is 56.6 Å². The van der Waals surface area contributed by atoms with Crippen LogP contribution in [0.2, 0.25) is 0 Å². The molecule has 1 heterocycles. The highest BCUT2D eigenvalue weighted by Crippen LogP contribution is 2.64. The summed E-state index contributed by atoms with van der Waals surface area (Å²) in [4.78, 5) is 15.2. The van der Waals surface area contributed by atoms with Gasteiger partial charge in [0.1, 0.15) is 11.4 Å². The van der Waals surface area contributed by atoms with Gasteiger partial charge < -0.3 is 20.5 Å². The highest BCUT2D eigenvalue weighted by molar-refractivity contribution is 5.94. The Kier molecular flexibility index (Phi) is 8.41. The van der Waals surface area contributed by atoms with Crippen LogP contribution in [0.3, 0.4) is 0 Å². The molecule has 1 aliphatic carbocycles. The van der Waals surface area contributed by atoms with E-state index in [1.54, 1.807) is 13.2 Å². The van der Waals surface area contributed by atoms with Crippen LogP contribution in [0.4, 0.5) is 4.39 Å². The summed E-state index contributed by atoms with van der Waals surface area (Å²) in [6, 6.07) is 19.1. The molecule has 1 aliphatic heterocycles. The van der Waals surface area contributed by atoms with Gasteiger partial charge in [0.25, 0.3) is 5.91 Å². The molecule has 0 radical (unpaired) electrons. The molecule has 3 N–H and O–H groups in total. The van der Waals surface area contributed by atoms with Gasteiger partial charge in [0.05, 0.1) is 0 Å². The summed E-state index contributed by atoms with van der Waals surface area (Å²) in [5.41, 5.74) is 9.98. The normalized spacial score (nSPS) is 19.4. The minimum absolute atomic E-state index is 0.00788. The van der Waals surface area contributed by atoms with Gasteiger partial charge in [-0.15, -0.1) is 0 Å². The average molecular weight is 545 g/mol. The average Bonchev–Trinajstić information content (AvgIpc) is 2.99. The number of likely N-dealkylation sites (tertiary alicyclic amines) is 1. The van der Waals surface area contributed by atoms with Gasteiger partial charge in [0.15, 0.2) is 0 Å². The number of amides is 1. The Hall–Kier alpha value is -3.06. The summed E-state index contributed by atoms with van der Waals surface area (Å²) in [6.45, 7) is 4.37. The zero-order chi connectivity index (χ0) is 28.3. The number of hydrogen-bond donors (Lipinski definition) is 2. The summed E-state index contributed by atoms with van der Waals surface area (Å²) in [5, 5.41) is 12.5. The largest absolute Gasteiger partial charge is 0.385 e. The molecule has 1 spiro atoms. The molecular weight excluding hydrogens is 503 g/mol. The molecule has 40 heavy (non-hydrogen) atoms. The second-order valence-electron chi connectivity index (χ2n) is 11.3. The number of fused-ring (bicyclic) bond motifs is 2. The Morgan fingerprint density at radius 2 is 1.80 bits per heavy atom. The van der Waals surface area contributed by atoms with Crippen molar-refractivity contribution in [3.05, 3.63) is 94.3 Å². The van der Waals surface area contributed by atoms with E-state index in [9.17, 15) is 9.90 Å². The Balaban J connectivity index is 1.46. The molecule has 2 aliphatic rings. The summed E-state index contributed by atoms with van der Waals surface area (Å²) in [6.07, 6.45) is 5.04. The van der Waals surface area contributed by atoms with Crippen molar-refractivity contribution in [1.29, 1.82) is 0 Å². The van der Waals surface area contributed by atoms with E-state index in [-0.39, 0.29) is 11.7 Å². The molecule has 1 fully saturated rings. The lowest BCUT2D eigenvalue weighted by atomic mass is 9.47. The predicted molar refractivity (Wildman–Crippen MR) is 157 cm³/mol. The van der Waals surface area contributed by atoms with E-state index in [1.165, 1.54) is 0 Å². The minimum Gasteiger partial charge on any atom is -0.385 e. The summed E-state index contributed by atoms with van der Waals surface area (Å²) in [5.74, 6) is -0.295. The van der Waals surface area contributed by atoms with Gasteiger partial charge in [-0.25, -0.2) is 4.39 Å². The van der Waals surface area contributed by atoms with Crippen LogP contribution in [0.15, 0.2) is 60.7 Å². The fourth-order valence-corrected chi connectivity index (χ4v) is 6.96. The van der Waals surface area contributed by atoms with Crippen LogP contribution in [0, 0.1) is 5.82 Å². The van der Waals surface area contributed by atoms with Crippen molar-refractivity contribution in [2.75, 3.05) is 33.4 Å². The Bertz CT molecular complexity index is 1350. The Morgan fingerprint density at radius 3 is 2.48 bits per heavy atom. The van der Waals surface area contributed by atoms with E-state index >= 15 is 4.39 Å². The van der Waals surface area contributed by atoms with Crippen molar-refractivity contribution < 1.29 is 19.0 Å². The molecule has 1 saturated heterocycles. The zero-order valence-electron chi connectivity index (χ0n) is 23.7. The third-order valence-corrected chi connectivity index (χ3v) is 9.17. The smallest absolute Gasteiger partial charge is 0.253 e. The van der Waals surface area contributed by atoms with E-state index in [4.69, 9.17) is 10.5 Å². The van der Waals surface area contributed by atoms with Crippen molar-refractivity contribution in [3.8, 4) is 11.1 Å². The molecular formula is C34H41FN2O3. The van der Waals surface area contributed by atoms with E-state index < -0.39 is 11.0 Å². The first-order chi connectivity index (χ1) is 19.4. The van der Waals surface area contributed by atoms with E-state index in [0.717, 1.165) is 53.5 Å². The molecule has 6 heteroatoms. The Morgan fingerprint density at radius 1 is 1.05 bits per heavy atom. The molecule has 0 unspecified atom stereocenters. The molecule has 0 bridgehead atoms. The van der Waals surface area contributed by atoms with Crippen molar-refractivity contribution in [2.24, 2.45) is 5.73 Å². The van der Waals surface area contributed by atoms with Crippen LogP contribution >= 0.6 is 0 Å². The van der Waals surface area contributed by atoms with Crippen LogP contribution in [-0.4, -0.2) is 49.3 Å². The monoisotopic (exact) mass is 544 g/mol. The van der Waals surface area contributed by atoms with Crippen molar-refractivity contribution in [3.63, 3.8) is 0 Å². The number of aryl methyl sites for hydroxylation is 1. The second-order valence-corrected chi connectivity index (χ2v) is 11.3. The van der Waals surface area contributed by atoms with E-state index in [1.807, 2.05) is 59.5 Å². The highest BCUT2D eigenvalue weighted by Gasteiger charge is 2.63. The number of aliphatic hydroxyl groups is 1. The predicted octanol–water partition coefficient (Wildman–Crippen LogP) is 5.75. The van der Waals surface area contributed by atoms with Gasteiger partial charge in [-0.05, 0) is 97.5 Å². The lowest BCUT2D eigenvalue weighted by Gasteiger charge is -2.61. The van der Waals surface area contributed by atoms with Gasteiger partial charge in [-0.3, -0.25) is 4.79 Å². The fourth-order valence-electron chi connectivity index (χ4n) is 6.96. The van der Waals surface area contributed by atoms with Crippen molar-refractivity contribution in [2.45, 2.75) is 62.9 Å². The number of hydrogen-bond acceptors (Lipinski definition) is 4. The van der Waals surface area contributed by atoms with Crippen molar-refractivity contribution >= 4 is 5.91 Å². The van der Waals surface area contributed by atoms with Crippen LogP contribution in [0.5, 0.6) is 0 Å². The molecule has 1 atom stereocenters. The molecule has 1 amide bonds. The van der Waals surface area contributed by atoms with Gasteiger partial charge in [-0.2, -0.15) is 0 Å². The van der Waals surface area contributed by atoms with E-state index in [2.05, 4.69) is 6.92 Å². The number of piperidine rings is 1. The fraction of sp³-hybridized carbons (Fsp3) is 0.441. The van der Waals surface area contributed by atoms with Crippen LogP contribution in [0.1, 0.15) is 71.6 Å². The summed E-state index contributed by atoms with van der Waals surface area (Å²) >= 11 is 0. The number of rotatable bonds is 10. The molecule has 0 saturated carbocycles. The maximum atomic E-state index is 15.6. The molecule has 212 valence electrons. The quantitative estimate of drug-likeness (QED) is 0.319. The molecule has 0 aromatic heterocycles. The maximum Gasteiger partial charge on any atom is 0.253 e. The van der Waals surface area contributed by atoms with Gasteiger partial charge in [-0.1, -0.05) is 49.4 Å². The van der Waals surface area contributed by atoms with Gasteiger partial charge >= 0.3 is 0 Å². The molecule has 3 aromatic carbocycles. The first kappa shape index (κ1) is 28.5. The highest BCUT2D eigenvalue weighted by atomic mass is 19.1. The number of nitrogens with zero attached hydrogens (tertiary/aromatic N) is 1. The number of halogens is 1. The molecule has 3 aromatic rings. The number of unbranched alkanes of at least 4 members (excludes halogenated alkanes) is 1. The van der Waals surface area contributed by atoms with Crippen LogP contribution in [0.25, 0.3) is 11.1 Å². The summed E-state index contributed by atoms with van der Waals surface area (Å²) < 4.78 is 20.8. The third kappa shape index (κ3) is 4.87. The third-order valence-electron chi connectivity index (χ3n) is 9.17. The standard InChI is InChI=1S/C34H41FN2O3/c1-3-24-7-6-8-27(23-24)30-29(35)14-13-28-31(30)34(39,16-4-5-22-40-2)33(28)17-20-37(21-18-33)32(38)26-11-9-25(10-12-26)15-19-36/h6-14,23,39H,3-5,15-22,36H2,1-2H3/t34-/m1/s1. The van der Waals surface area contributed by atoms with Crippen LogP contribution < -0.4 is 5.73 Å². The van der Waals surface area contributed by atoms with Gasteiger partial charge in [0.2, 0.25) is 0 Å². The summed E-state index contributed by atoms with van der Waals surface area (Å²) in [7, 11) is 1.68. The molecule has 5 nitrogen and oxygen atoms in total. The second kappa shape index (κ2) is 11.8. The SMILES string of the molecule is CCc1cccc(-c2c(F)ccc3c2[C@](O)(CCCCOC)C32CCN(C(=O)c3ccc(CCN)cc3)CC2)c1. The van der Waals surface area contributed by atoms with Crippen LogP contribution in [-0.2, 0) is 28.6 Å². The Labute approximate surface area is 237 Å². The van der Waals surface area contributed by atoms with Crippen molar-refractivity contribution in [1.82, 2.24) is 4.90 Å². The lowest BCUT2D eigenvalue weighted by Crippen LogP contribution is -2.63. The van der Waals surface area contributed by atoms with Gasteiger partial charge in [0, 0.05) is 43.3 Å². The zero-order valence-corrected chi connectivity index (χ0v) is 23.7. The first-order valence-electron chi connectivity index (χ1n) is 14.6. The maximum absolute atomic E-state index is 15.6. The number of carbonyl (C=O) groups excluding carboxylic acids is 1. The minimum atomic E-state index is -1.17. The number of nitrogens with two attached hydrogens (primary N) is 1. The number of ether oxygens (including phenoxy) is 1. The lowest BCUT2D eigenvalue weighted by molar-refractivity contribution is -0.109. The topological polar surface area (TPSA) is 75.8 Å². The number of benzene rings is 3. The molecule has 5 rings (SSSR count). The number of carbonyl (C=O) groups is 1. The number of methoxy groups -OCH3 is 1. The first-order valence-corrected chi connectivity index (χ1v) is 14.6.